The van der Waals surface area contributed by atoms with Crippen LogP contribution in [0.3, 0.4) is 0 Å². The Bertz CT molecular complexity index is 356. The first-order valence-electron chi connectivity index (χ1n) is 7.02. The summed E-state index contributed by atoms with van der Waals surface area (Å²) in [7, 11) is 0. The Kier molecular flexibility index (Phi) is 3.93. The third-order valence-corrected chi connectivity index (χ3v) is 3.91. The zero-order valence-electron chi connectivity index (χ0n) is 10.8. The van der Waals surface area contributed by atoms with Crippen LogP contribution in [0, 0.1) is 0 Å². The fraction of sp³-hybridized carbons (Fsp3) is 0.600. The number of likely N-dealkylation sites (tertiary alicyclic amines) is 1. The molecule has 0 spiro atoms. The number of hydrogen-bond donors (Lipinski definition) is 1. The smallest absolute Gasteiger partial charge is 0.0827 e. The second-order valence-electron chi connectivity index (χ2n) is 5.38. The van der Waals surface area contributed by atoms with Crippen LogP contribution in [0.1, 0.15) is 18.4 Å². The zero-order valence-corrected chi connectivity index (χ0v) is 10.8. The number of benzene rings is 1. The molecule has 2 aliphatic rings. The third kappa shape index (κ3) is 3.10. The van der Waals surface area contributed by atoms with Crippen LogP contribution in [0.15, 0.2) is 30.3 Å². The van der Waals surface area contributed by atoms with Crippen molar-refractivity contribution < 1.29 is 4.74 Å². The number of nitrogens with zero attached hydrogens (tertiary/aromatic N) is 1. The van der Waals surface area contributed by atoms with Crippen molar-refractivity contribution in [2.75, 3.05) is 26.2 Å². The van der Waals surface area contributed by atoms with E-state index in [-0.39, 0.29) is 0 Å². The Morgan fingerprint density at radius 3 is 2.39 bits per heavy atom. The van der Waals surface area contributed by atoms with Gasteiger partial charge < -0.3 is 10.1 Å². The third-order valence-electron chi connectivity index (χ3n) is 3.91. The molecule has 0 unspecified atom stereocenters. The molecule has 2 heterocycles. The highest BCUT2D eigenvalue weighted by atomic mass is 16.5. The van der Waals surface area contributed by atoms with Gasteiger partial charge in [-0.15, -0.1) is 0 Å². The molecule has 0 saturated carbocycles. The lowest BCUT2D eigenvalue weighted by molar-refractivity contribution is -0.0627. The van der Waals surface area contributed by atoms with E-state index in [1.807, 2.05) is 0 Å². The Morgan fingerprint density at radius 1 is 1.06 bits per heavy atom. The highest BCUT2D eigenvalue weighted by molar-refractivity contribution is 5.14. The molecule has 3 nitrogen and oxygen atoms in total. The molecule has 0 bridgehead atoms. The lowest BCUT2D eigenvalue weighted by Crippen LogP contribution is -2.51. The van der Waals surface area contributed by atoms with E-state index in [4.69, 9.17) is 4.74 Å². The summed E-state index contributed by atoms with van der Waals surface area (Å²) in [5.41, 5.74) is 1.42. The first kappa shape index (κ1) is 12.2. The van der Waals surface area contributed by atoms with E-state index in [1.165, 1.54) is 31.5 Å². The summed E-state index contributed by atoms with van der Waals surface area (Å²) in [5.74, 6) is 0. The standard InChI is InChI=1S/C15H22N2O/c1-2-4-13(5-3-1)12-17-8-6-14(7-9-17)18-15-10-16-11-15/h1-5,14-16H,6-12H2. The van der Waals surface area contributed by atoms with Crippen molar-refractivity contribution >= 4 is 0 Å². The summed E-state index contributed by atoms with van der Waals surface area (Å²) in [6.45, 7) is 5.51. The van der Waals surface area contributed by atoms with Crippen molar-refractivity contribution in [3.8, 4) is 0 Å². The van der Waals surface area contributed by atoms with Crippen LogP contribution in [0.4, 0.5) is 0 Å². The predicted molar refractivity (Wildman–Crippen MR) is 72.5 cm³/mol. The van der Waals surface area contributed by atoms with Crippen molar-refractivity contribution in [1.29, 1.82) is 0 Å². The van der Waals surface area contributed by atoms with Gasteiger partial charge in [0.05, 0.1) is 12.2 Å². The fourth-order valence-electron chi connectivity index (χ4n) is 2.68. The highest BCUT2D eigenvalue weighted by Gasteiger charge is 2.25. The molecule has 0 aliphatic carbocycles. The average Bonchev–Trinajstić information content (AvgIpc) is 2.37. The van der Waals surface area contributed by atoms with Crippen LogP contribution in [0.2, 0.25) is 0 Å². The molecule has 0 amide bonds. The maximum absolute atomic E-state index is 6.04. The monoisotopic (exact) mass is 246 g/mol. The van der Waals surface area contributed by atoms with E-state index < -0.39 is 0 Å². The lowest BCUT2D eigenvalue weighted by Gasteiger charge is -2.36. The van der Waals surface area contributed by atoms with Gasteiger partial charge in [-0.2, -0.15) is 0 Å². The number of hydrogen-bond acceptors (Lipinski definition) is 3. The highest BCUT2D eigenvalue weighted by Crippen LogP contribution is 2.18. The van der Waals surface area contributed by atoms with Crippen molar-refractivity contribution in [3.63, 3.8) is 0 Å². The van der Waals surface area contributed by atoms with Crippen LogP contribution in [0.5, 0.6) is 0 Å². The SMILES string of the molecule is c1ccc(CN2CCC(OC3CNC3)CC2)cc1. The predicted octanol–water partition coefficient (Wildman–Crippen LogP) is 1.64. The Labute approximate surface area is 109 Å². The van der Waals surface area contributed by atoms with E-state index in [9.17, 15) is 0 Å². The average molecular weight is 246 g/mol. The molecule has 0 aromatic heterocycles. The van der Waals surface area contributed by atoms with Crippen molar-refractivity contribution in [1.82, 2.24) is 10.2 Å². The van der Waals surface area contributed by atoms with Crippen molar-refractivity contribution in [2.45, 2.75) is 31.6 Å². The molecule has 2 fully saturated rings. The van der Waals surface area contributed by atoms with Gasteiger partial charge in [0, 0.05) is 32.7 Å². The van der Waals surface area contributed by atoms with Crippen LogP contribution < -0.4 is 5.32 Å². The van der Waals surface area contributed by atoms with Gasteiger partial charge in [0.25, 0.3) is 0 Å². The van der Waals surface area contributed by atoms with E-state index in [0.29, 0.717) is 12.2 Å². The van der Waals surface area contributed by atoms with Crippen LogP contribution in [0.25, 0.3) is 0 Å². The van der Waals surface area contributed by atoms with Gasteiger partial charge in [0.2, 0.25) is 0 Å². The molecular weight excluding hydrogens is 224 g/mol. The summed E-state index contributed by atoms with van der Waals surface area (Å²) in [4.78, 5) is 2.54. The Balaban J connectivity index is 1.42. The van der Waals surface area contributed by atoms with Crippen molar-refractivity contribution in [2.24, 2.45) is 0 Å². The van der Waals surface area contributed by atoms with Gasteiger partial charge in [0.15, 0.2) is 0 Å². The molecule has 1 aromatic carbocycles. The first-order valence-corrected chi connectivity index (χ1v) is 7.02. The number of ether oxygens (including phenoxy) is 1. The topological polar surface area (TPSA) is 24.5 Å². The second kappa shape index (κ2) is 5.83. The van der Waals surface area contributed by atoms with Crippen molar-refractivity contribution in [3.05, 3.63) is 35.9 Å². The molecule has 2 aliphatic heterocycles. The van der Waals surface area contributed by atoms with E-state index >= 15 is 0 Å². The molecular formula is C15H22N2O. The van der Waals surface area contributed by atoms with E-state index in [2.05, 4.69) is 40.5 Å². The Hall–Kier alpha value is -0.900. The minimum atomic E-state index is 0.482. The minimum Gasteiger partial charge on any atom is -0.372 e. The Morgan fingerprint density at radius 2 is 1.78 bits per heavy atom. The summed E-state index contributed by atoms with van der Waals surface area (Å²) in [5, 5.41) is 3.26. The molecule has 0 radical (unpaired) electrons. The molecule has 1 aromatic rings. The molecule has 18 heavy (non-hydrogen) atoms. The van der Waals surface area contributed by atoms with E-state index in [1.54, 1.807) is 0 Å². The normalized spacial score (nSPS) is 22.9. The first-order chi connectivity index (χ1) is 8.90. The summed E-state index contributed by atoms with van der Waals surface area (Å²) in [6, 6.07) is 10.7. The minimum absolute atomic E-state index is 0.482. The van der Waals surface area contributed by atoms with Gasteiger partial charge in [-0.25, -0.2) is 0 Å². The van der Waals surface area contributed by atoms with Crippen LogP contribution in [-0.2, 0) is 11.3 Å². The molecule has 0 atom stereocenters. The summed E-state index contributed by atoms with van der Waals surface area (Å²) in [6.07, 6.45) is 3.34. The summed E-state index contributed by atoms with van der Waals surface area (Å²) >= 11 is 0. The number of piperidine rings is 1. The molecule has 1 N–H and O–H groups in total. The molecule has 3 rings (SSSR count). The van der Waals surface area contributed by atoms with Gasteiger partial charge in [0.1, 0.15) is 0 Å². The number of nitrogens with one attached hydrogen (secondary N) is 1. The molecule has 3 heteroatoms. The second-order valence-corrected chi connectivity index (χ2v) is 5.38. The molecule has 2 saturated heterocycles. The van der Waals surface area contributed by atoms with Gasteiger partial charge in [-0.05, 0) is 18.4 Å². The maximum atomic E-state index is 6.04. The van der Waals surface area contributed by atoms with Gasteiger partial charge in [-0.3, -0.25) is 4.90 Å². The lowest BCUT2D eigenvalue weighted by atomic mass is 10.1. The summed E-state index contributed by atoms with van der Waals surface area (Å²) < 4.78 is 6.04. The number of rotatable bonds is 4. The zero-order chi connectivity index (χ0) is 12.2. The van der Waals surface area contributed by atoms with Gasteiger partial charge >= 0.3 is 0 Å². The van der Waals surface area contributed by atoms with Gasteiger partial charge in [-0.1, -0.05) is 30.3 Å². The van der Waals surface area contributed by atoms with E-state index in [0.717, 1.165) is 19.6 Å². The van der Waals surface area contributed by atoms with Crippen LogP contribution in [-0.4, -0.2) is 43.3 Å². The quantitative estimate of drug-likeness (QED) is 0.874. The fourth-order valence-corrected chi connectivity index (χ4v) is 2.68. The van der Waals surface area contributed by atoms with Crippen LogP contribution >= 0.6 is 0 Å². The maximum Gasteiger partial charge on any atom is 0.0827 e. The molecule has 98 valence electrons. The largest absolute Gasteiger partial charge is 0.372 e.